The molecule has 1 N–H and O–H groups in total. The molecule has 2 rings (SSSR count). The summed E-state index contributed by atoms with van der Waals surface area (Å²) in [5, 5.41) is 9.16. The Morgan fingerprint density at radius 2 is 2.00 bits per heavy atom. The number of likely N-dealkylation sites (tertiary alicyclic amines) is 1. The first kappa shape index (κ1) is 9.69. The van der Waals surface area contributed by atoms with Gasteiger partial charge in [-0.2, -0.15) is 0 Å². The first-order valence-corrected chi connectivity index (χ1v) is 5.20. The summed E-state index contributed by atoms with van der Waals surface area (Å²) >= 11 is 0. The lowest BCUT2D eigenvalue weighted by molar-refractivity contribution is 0.156. The maximum atomic E-state index is 9.16. The summed E-state index contributed by atoms with van der Waals surface area (Å²) in [7, 11) is 2.10. The summed E-state index contributed by atoms with van der Waals surface area (Å²) in [4.78, 5) is 2.29. The molecule has 1 aliphatic heterocycles. The molecule has 1 aliphatic rings. The third-order valence-electron chi connectivity index (χ3n) is 3.24. The highest BCUT2D eigenvalue weighted by Gasteiger charge is 2.30. The highest BCUT2D eigenvalue weighted by molar-refractivity contribution is 5.20. The second-order valence-electron chi connectivity index (χ2n) is 4.01. The maximum Gasteiger partial charge on any atom is 0.0586 e. The van der Waals surface area contributed by atoms with Crippen LogP contribution in [0.15, 0.2) is 30.3 Å². The van der Waals surface area contributed by atoms with Gasteiger partial charge < -0.3 is 5.11 Å². The van der Waals surface area contributed by atoms with Gasteiger partial charge in [-0.3, -0.25) is 4.90 Å². The Morgan fingerprint density at radius 3 is 2.57 bits per heavy atom. The van der Waals surface area contributed by atoms with Crippen molar-refractivity contribution < 1.29 is 5.11 Å². The van der Waals surface area contributed by atoms with Gasteiger partial charge >= 0.3 is 0 Å². The van der Waals surface area contributed by atoms with Crippen LogP contribution in [-0.2, 0) is 0 Å². The molecule has 0 saturated carbocycles. The first-order valence-electron chi connectivity index (χ1n) is 5.20. The zero-order chi connectivity index (χ0) is 9.97. The van der Waals surface area contributed by atoms with E-state index in [1.807, 2.05) is 6.07 Å². The van der Waals surface area contributed by atoms with E-state index in [9.17, 15) is 0 Å². The third kappa shape index (κ3) is 1.68. The van der Waals surface area contributed by atoms with Crippen molar-refractivity contribution in [2.24, 2.45) is 0 Å². The summed E-state index contributed by atoms with van der Waals surface area (Å²) < 4.78 is 0. The minimum atomic E-state index is 0.278. The van der Waals surface area contributed by atoms with Gasteiger partial charge in [0, 0.05) is 12.1 Å². The Bertz CT molecular complexity index is 286. The Morgan fingerprint density at radius 1 is 1.29 bits per heavy atom. The largest absolute Gasteiger partial charge is 0.395 e. The zero-order valence-corrected chi connectivity index (χ0v) is 8.56. The summed E-state index contributed by atoms with van der Waals surface area (Å²) in [5.41, 5.74) is 1.37. The molecule has 0 radical (unpaired) electrons. The van der Waals surface area contributed by atoms with Crippen LogP contribution in [-0.4, -0.2) is 29.7 Å². The quantitative estimate of drug-likeness (QED) is 0.770. The standard InChI is InChI=1S/C12H17NO/c1-13-11(9-14)7-8-12(13)10-5-3-2-4-6-10/h2-6,11-12,14H,7-9H2,1H3/t11-,12+/m0/s1. The molecule has 0 aliphatic carbocycles. The van der Waals surface area contributed by atoms with Gasteiger partial charge in [0.15, 0.2) is 0 Å². The van der Waals surface area contributed by atoms with Crippen LogP contribution in [0.25, 0.3) is 0 Å². The van der Waals surface area contributed by atoms with Crippen molar-refractivity contribution in [3.8, 4) is 0 Å². The Hall–Kier alpha value is -0.860. The molecule has 1 aromatic rings. The first-order chi connectivity index (χ1) is 6.83. The Balaban J connectivity index is 2.14. The van der Waals surface area contributed by atoms with Crippen molar-refractivity contribution in [3.05, 3.63) is 35.9 Å². The average molecular weight is 191 g/mol. The fraction of sp³-hybridized carbons (Fsp3) is 0.500. The van der Waals surface area contributed by atoms with Crippen LogP contribution < -0.4 is 0 Å². The minimum Gasteiger partial charge on any atom is -0.395 e. The van der Waals surface area contributed by atoms with Gasteiger partial charge in [-0.1, -0.05) is 30.3 Å². The van der Waals surface area contributed by atoms with Crippen molar-refractivity contribution in [1.82, 2.24) is 4.90 Å². The number of nitrogens with zero attached hydrogens (tertiary/aromatic N) is 1. The molecule has 0 bridgehead atoms. The summed E-state index contributed by atoms with van der Waals surface area (Å²) in [6, 6.07) is 11.4. The molecule has 76 valence electrons. The van der Waals surface area contributed by atoms with E-state index >= 15 is 0 Å². The van der Waals surface area contributed by atoms with Gasteiger partial charge in [0.2, 0.25) is 0 Å². The number of rotatable bonds is 2. The summed E-state index contributed by atoms with van der Waals surface area (Å²) in [6.45, 7) is 0.278. The lowest BCUT2D eigenvalue weighted by Gasteiger charge is -2.24. The molecule has 0 aromatic heterocycles. The van der Waals surface area contributed by atoms with E-state index < -0.39 is 0 Å². The fourth-order valence-corrected chi connectivity index (χ4v) is 2.31. The third-order valence-corrected chi connectivity index (χ3v) is 3.24. The molecular formula is C12H17NO. The second kappa shape index (κ2) is 4.11. The molecule has 1 heterocycles. The molecule has 0 unspecified atom stereocenters. The molecule has 1 aromatic carbocycles. The lowest BCUT2D eigenvalue weighted by Crippen LogP contribution is -2.30. The zero-order valence-electron chi connectivity index (χ0n) is 8.56. The number of aliphatic hydroxyl groups excluding tert-OH is 1. The monoisotopic (exact) mass is 191 g/mol. The van der Waals surface area contributed by atoms with Gasteiger partial charge in [0.05, 0.1) is 6.61 Å². The van der Waals surface area contributed by atoms with Gasteiger partial charge in [-0.25, -0.2) is 0 Å². The van der Waals surface area contributed by atoms with Gasteiger partial charge in [-0.15, -0.1) is 0 Å². The normalized spacial score (nSPS) is 28.1. The predicted molar refractivity (Wildman–Crippen MR) is 57.1 cm³/mol. The minimum absolute atomic E-state index is 0.278. The molecular weight excluding hydrogens is 174 g/mol. The SMILES string of the molecule is CN1[C@H](CO)CC[C@@H]1c1ccccc1. The number of aliphatic hydroxyl groups is 1. The fourth-order valence-electron chi connectivity index (χ4n) is 2.31. The Kier molecular flexibility index (Phi) is 2.85. The van der Waals surface area contributed by atoms with E-state index in [1.54, 1.807) is 0 Å². The van der Waals surface area contributed by atoms with Gasteiger partial charge in [-0.05, 0) is 25.5 Å². The molecule has 1 fully saturated rings. The second-order valence-corrected chi connectivity index (χ2v) is 4.01. The highest BCUT2D eigenvalue weighted by atomic mass is 16.3. The molecule has 2 nitrogen and oxygen atoms in total. The smallest absolute Gasteiger partial charge is 0.0586 e. The van der Waals surface area contributed by atoms with Crippen LogP contribution in [0.2, 0.25) is 0 Å². The predicted octanol–water partition coefficient (Wildman–Crippen LogP) is 1.81. The summed E-state index contributed by atoms with van der Waals surface area (Å²) in [5.74, 6) is 0. The van der Waals surface area contributed by atoms with Crippen molar-refractivity contribution in [3.63, 3.8) is 0 Å². The molecule has 0 amide bonds. The van der Waals surface area contributed by atoms with Crippen LogP contribution in [0.4, 0.5) is 0 Å². The van der Waals surface area contributed by atoms with Crippen molar-refractivity contribution in [1.29, 1.82) is 0 Å². The van der Waals surface area contributed by atoms with Crippen LogP contribution in [0.1, 0.15) is 24.4 Å². The van der Waals surface area contributed by atoms with Gasteiger partial charge in [0.25, 0.3) is 0 Å². The maximum absolute atomic E-state index is 9.16. The van der Waals surface area contributed by atoms with E-state index in [0.29, 0.717) is 12.1 Å². The van der Waals surface area contributed by atoms with Crippen LogP contribution in [0.3, 0.4) is 0 Å². The van der Waals surface area contributed by atoms with Crippen molar-refractivity contribution in [2.75, 3.05) is 13.7 Å². The van der Waals surface area contributed by atoms with E-state index in [0.717, 1.165) is 12.8 Å². The number of benzene rings is 1. The molecule has 14 heavy (non-hydrogen) atoms. The molecule has 2 heteroatoms. The molecule has 2 atom stereocenters. The topological polar surface area (TPSA) is 23.5 Å². The van der Waals surface area contributed by atoms with Crippen LogP contribution >= 0.6 is 0 Å². The van der Waals surface area contributed by atoms with E-state index in [1.165, 1.54) is 5.56 Å². The van der Waals surface area contributed by atoms with Gasteiger partial charge in [0.1, 0.15) is 0 Å². The summed E-state index contributed by atoms with van der Waals surface area (Å²) in [6.07, 6.45) is 2.26. The van der Waals surface area contributed by atoms with Crippen LogP contribution in [0, 0.1) is 0 Å². The lowest BCUT2D eigenvalue weighted by atomic mass is 10.1. The van der Waals surface area contributed by atoms with E-state index in [-0.39, 0.29) is 6.61 Å². The van der Waals surface area contributed by atoms with Crippen molar-refractivity contribution >= 4 is 0 Å². The Labute approximate surface area is 85.2 Å². The van der Waals surface area contributed by atoms with Crippen LogP contribution in [0.5, 0.6) is 0 Å². The number of likely N-dealkylation sites (N-methyl/N-ethyl adjacent to an activating group) is 1. The van der Waals surface area contributed by atoms with E-state index in [2.05, 4.69) is 36.2 Å². The molecule has 1 saturated heterocycles. The number of hydrogen-bond donors (Lipinski definition) is 1. The van der Waals surface area contributed by atoms with Crippen molar-refractivity contribution in [2.45, 2.75) is 24.9 Å². The molecule has 0 spiro atoms. The number of hydrogen-bond acceptors (Lipinski definition) is 2. The van der Waals surface area contributed by atoms with E-state index in [4.69, 9.17) is 5.11 Å². The highest BCUT2D eigenvalue weighted by Crippen LogP contribution is 2.33. The average Bonchev–Trinajstić information content (AvgIpc) is 2.61.